The molecular formula is C20H24O9. The molecule has 9 nitrogen and oxygen atoms in total. The highest BCUT2D eigenvalue weighted by Crippen LogP contribution is 2.84. The number of hydrogen-bond donors (Lipinski definition) is 2. The summed E-state index contributed by atoms with van der Waals surface area (Å²) >= 11 is 0. The third-order valence-electron chi connectivity index (χ3n) is 8.97. The molecule has 0 aromatic heterocycles. The lowest BCUT2D eigenvalue weighted by atomic mass is 9.51. The molecule has 29 heavy (non-hydrogen) atoms. The lowest BCUT2D eigenvalue weighted by molar-refractivity contribution is -0.238. The first-order valence-corrected chi connectivity index (χ1v) is 10.1. The van der Waals surface area contributed by atoms with Crippen LogP contribution in [0.4, 0.5) is 0 Å². The molecule has 158 valence electrons. The van der Waals surface area contributed by atoms with Crippen LogP contribution in [0.25, 0.3) is 0 Å². The summed E-state index contributed by atoms with van der Waals surface area (Å²) in [6.07, 6.45) is -3.96. The smallest absolute Gasteiger partial charge is 0.342 e. The second-order valence-corrected chi connectivity index (χ2v) is 10.6. The topological polar surface area (TPSA) is 129 Å². The molecule has 4 aliphatic heterocycles. The minimum absolute atomic E-state index is 0.0623. The second-order valence-electron chi connectivity index (χ2n) is 10.6. The first-order chi connectivity index (χ1) is 13.4. The Morgan fingerprint density at radius 3 is 2.38 bits per heavy atom. The molecule has 9 heteroatoms. The van der Waals surface area contributed by atoms with Gasteiger partial charge in [0.1, 0.15) is 12.2 Å². The van der Waals surface area contributed by atoms with Gasteiger partial charge in [0.2, 0.25) is 11.9 Å². The molecule has 0 aromatic rings. The van der Waals surface area contributed by atoms with Gasteiger partial charge in [0.05, 0.1) is 16.7 Å². The third kappa shape index (κ3) is 1.35. The Bertz CT molecular complexity index is 893. The first kappa shape index (κ1) is 18.1. The van der Waals surface area contributed by atoms with Crippen molar-refractivity contribution in [2.45, 2.75) is 76.3 Å². The van der Waals surface area contributed by atoms with Gasteiger partial charge in [-0.3, -0.25) is 4.79 Å². The highest BCUT2D eigenvalue weighted by Gasteiger charge is 3.01. The number of esters is 3. The van der Waals surface area contributed by atoms with Gasteiger partial charge in [-0.05, 0) is 24.7 Å². The van der Waals surface area contributed by atoms with Crippen LogP contribution in [-0.4, -0.2) is 63.9 Å². The van der Waals surface area contributed by atoms with Crippen molar-refractivity contribution in [3.8, 4) is 0 Å². The molecule has 10 atom stereocenters. The van der Waals surface area contributed by atoms with Gasteiger partial charge in [0, 0.05) is 6.42 Å². The van der Waals surface area contributed by atoms with E-state index in [-0.39, 0.29) is 17.8 Å². The predicted molar refractivity (Wildman–Crippen MR) is 90.6 cm³/mol. The van der Waals surface area contributed by atoms with Crippen LogP contribution >= 0.6 is 0 Å². The van der Waals surface area contributed by atoms with Crippen LogP contribution in [0.2, 0.25) is 0 Å². The van der Waals surface area contributed by atoms with Crippen molar-refractivity contribution in [3.63, 3.8) is 0 Å². The van der Waals surface area contributed by atoms with Gasteiger partial charge in [-0.1, -0.05) is 20.8 Å². The third-order valence-corrected chi connectivity index (χ3v) is 8.97. The van der Waals surface area contributed by atoms with Gasteiger partial charge in [-0.25, -0.2) is 9.59 Å². The van der Waals surface area contributed by atoms with Crippen molar-refractivity contribution in [3.05, 3.63) is 0 Å². The summed E-state index contributed by atoms with van der Waals surface area (Å²) in [5, 5.41) is 23.0. The molecule has 6 rings (SSSR count). The van der Waals surface area contributed by atoms with Crippen molar-refractivity contribution in [1.29, 1.82) is 0 Å². The van der Waals surface area contributed by atoms with Gasteiger partial charge < -0.3 is 29.2 Å². The van der Waals surface area contributed by atoms with E-state index >= 15 is 0 Å². The monoisotopic (exact) mass is 408 g/mol. The minimum atomic E-state index is -1.97. The molecule has 0 radical (unpaired) electrons. The fourth-order valence-electron chi connectivity index (χ4n) is 8.06. The van der Waals surface area contributed by atoms with Gasteiger partial charge in [0.15, 0.2) is 11.7 Å². The van der Waals surface area contributed by atoms with Crippen LogP contribution in [0, 0.1) is 28.1 Å². The van der Waals surface area contributed by atoms with Crippen molar-refractivity contribution >= 4 is 17.9 Å². The average molecular weight is 408 g/mol. The van der Waals surface area contributed by atoms with Crippen LogP contribution in [0.3, 0.4) is 0 Å². The summed E-state index contributed by atoms with van der Waals surface area (Å²) in [6, 6.07) is 0. The molecule has 6 fully saturated rings. The predicted octanol–water partition coefficient (Wildman–Crippen LogP) is -0.340. The van der Waals surface area contributed by atoms with Crippen molar-refractivity contribution in [2.24, 2.45) is 28.1 Å². The van der Waals surface area contributed by atoms with E-state index in [1.54, 1.807) is 0 Å². The maximum absolute atomic E-state index is 13.3. The number of carbonyl (C=O) groups excluding carboxylic acids is 3. The number of carbonyl (C=O) groups is 3. The van der Waals surface area contributed by atoms with E-state index in [0.717, 1.165) is 0 Å². The molecule has 6 aliphatic rings. The zero-order valence-electron chi connectivity index (χ0n) is 16.6. The second kappa shape index (κ2) is 4.48. The molecule has 2 saturated carbocycles. The van der Waals surface area contributed by atoms with Crippen LogP contribution in [0.5, 0.6) is 0 Å². The van der Waals surface area contributed by atoms with E-state index in [1.807, 2.05) is 20.8 Å². The van der Waals surface area contributed by atoms with Gasteiger partial charge in [0.25, 0.3) is 0 Å². The molecular weight excluding hydrogens is 384 g/mol. The minimum Gasteiger partial charge on any atom is -0.459 e. The summed E-state index contributed by atoms with van der Waals surface area (Å²) in [6.45, 7) is 7.47. The zero-order chi connectivity index (χ0) is 20.9. The average Bonchev–Trinajstić information content (AvgIpc) is 3.31. The SMILES string of the molecule is C[C@@H]1C(=O)O[C@H]2C[C@@]34[C@H]5C[C@@H](C(C)(C)C)[C@]36[C@@H](OC(=O)[C@H]6O)O[C@@]4(C(=O)O5)[C@@]21O. The van der Waals surface area contributed by atoms with E-state index in [1.165, 1.54) is 6.92 Å². The number of fused-ring (bicyclic) bond motifs is 1. The molecule has 4 heterocycles. The molecule has 2 N–H and O–H groups in total. The summed E-state index contributed by atoms with van der Waals surface area (Å²) in [7, 11) is 0. The summed E-state index contributed by atoms with van der Waals surface area (Å²) < 4.78 is 22.9. The largest absolute Gasteiger partial charge is 0.459 e. The Morgan fingerprint density at radius 2 is 1.72 bits per heavy atom. The normalized spacial score (nSPS) is 59.2. The summed E-state index contributed by atoms with van der Waals surface area (Å²) in [5.41, 5.74) is -6.81. The molecule has 0 bridgehead atoms. The highest BCUT2D eigenvalue weighted by atomic mass is 16.8. The fourth-order valence-corrected chi connectivity index (χ4v) is 8.06. The lowest BCUT2D eigenvalue weighted by Gasteiger charge is -2.46. The molecule has 0 amide bonds. The number of aliphatic hydroxyl groups is 2. The van der Waals surface area contributed by atoms with Crippen molar-refractivity contribution < 1.29 is 43.5 Å². The van der Waals surface area contributed by atoms with Gasteiger partial charge in [-0.15, -0.1) is 0 Å². The Kier molecular flexibility index (Phi) is 2.79. The highest BCUT2D eigenvalue weighted by molar-refractivity contribution is 5.93. The van der Waals surface area contributed by atoms with E-state index in [0.29, 0.717) is 6.42 Å². The zero-order valence-corrected chi connectivity index (χ0v) is 16.6. The molecule has 0 aromatic carbocycles. The first-order valence-electron chi connectivity index (χ1n) is 10.1. The van der Waals surface area contributed by atoms with E-state index < -0.39 is 70.5 Å². The van der Waals surface area contributed by atoms with Gasteiger partial charge in [-0.2, -0.15) is 0 Å². The van der Waals surface area contributed by atoms with E-state index in [2.05, 4.69) is 0 Å². The summed E-state index contributed by atoms with van der Waals surface area (Å²) in [5.74, 6) is -3.52. The quantitative estimate of drug-likeness (QED) is 0.408. The molecule has 2 spiro atoms. The summed E-state index contributed by atoms with van der Waals surface area (Å²) in [4.78, 5) is 38.1. The van der Waals surface area contributed by atoms with Crippen LogP contribution in [0.1, 0.15) is 40.5 Å². The Balaban J connectivity index is 1.68. The Labute approximate surface area is 166 Å². The number of hydrogen-bond acceptors (Lipinski definition) is 9. The Morgan fingerprint density at radius 1 is 1.03 bits per heavy atom. The van der Waals surface area contributed by atoms with Crippen LogP contribution in [0.15, 0.2) is 0 Å². The van der Waals surface area contributed by atoms with Crippen molar-refractivity contribution in [1.82, 2.24) is 0 Å². The Hall–Kier alpha value is -1.71. The fraction of sp³-hybridized carbons (Fsp3) is 0.850. The number of rotatable bonds is 0. The number of ether oxygens (including phenoxy) is 4. The number of aliphatic hydroxyl groups excluding tert-OH is 1. The molecule has 2 aliphatic carbocycles. The maximum Gasteiger partial charge on any atom is 0.342 e. The van der Waals surface area contributed by atoms with E-state index in [4.69, 9.17) is 18.9 Å². The van der Waals surface area contributed by atoms with Crippen molar-refractivity contribution in [2.75, 3.05) is 0 Å². The molecule has 0 unspecified atom stereocenters. The van der Waals surface area contributed by atoms with Crippen LogP contribution in [-0.2, 0) is 33.3 Å². The van der Waals surface area contributed by atoms with E-state index in [9.17, 15) is 24.6 Å². The van der Waals surface area contributed by atoms with Gasteiger partial charge >= 0.3 is 17.9 Å². The maximum atomic E-state index is 13.3. The standard InChI is InChI=1S/C20H24O9/c1-7-12(22)26-10-6-17-9-5-8(16(2,3)4)18(17)11(21)13(23)28-15(18)29-20(17,14(24)27-9)19(7,10)25/h7-11,15,21,25H,5-6H2,1-4H3/t7-,8+,9-,10+,11-,15+,17-,18+,19+,20-/m1/s1. The lowest BCUT2D eigenvalue weighted by Crippen LogP contribution is -2.66. The van der Waals surface area contributed by atoms with Crippen LogP contribution < -0.4 is 0 Å². The molecule has 4 saturated heterocycles.